The number of thiophene rings is 1. The van der Waals surface area contributed by atoms with Crippen LogP contribution in [0.25, 0.3) is 21.7 Å². The predicted octanol–water partition coefficient (Wildman–Crippen LogP) is 5.90. The minimum Gasteiger partial charge on any atom is -0.463 e. The molecule has 140 valence electrons. The zero-order valence-corrected chi connectivity index (χ0v) is 16.6. The Morgan fingerprint density at radius 1 is 1.14 bits per heavy atom. The Morgan fingerprint density at radius 2 is 1.96 bits per heavy atom. The number of halogens is 1. The molecule has 5 rings (SSSR count). The SMILES string of the molecule is Nc1c(C(=O)c2cccc(Cl)c2)sc2nc(-c3ccco3)c3c(c12)CCCC3. The molecule has 0 amide bonds. The largest absolute Gasteiger partial charge is 0.463 e. The molecule has 0 unspecified atom stereocenters. The van der Waals surface area contributed by atoms with Gasteiger partial charge in [0.2, 0.25) is 5.78 Å². The van der Waals surface area contributed by atoms with Gasteiger partial charge in [-0.3, -0.25) is 4.79 Å². The van der Waals surface area contributed by atoms with Crippen molar-refractivity contribution < 1.29 is 9.21 Å². The first-order valence-corrected chi connectivity index (χ1v) is 10.4. The summed E-state index contributed by atoms with van der Waals surface area (Å²) in [6, 6.07) is 10.7. The van der Waals surface area contributed by atoms with E-state index in [4.69, 9.17) is 26.7 Å². The fourth-order valence-electron chi connectivity index (χ4n) is 3.96. The summed E-state index contributed by atoms with van der Waals surface area (Å²) >= 11 is 7.41. The van der Waals surface area contributed by atoms with Crippen LogP contribution in [-0.4, -0.2) is 10.8 Å². The number of nitrogens with zero attached hydrogens (tertiary/aromatic N) is 1. The van der Waals surface area contributed by atoms with Gasteiger partial charge in [-0.05, 0) is 61.1 Å². The number of hydrogen-bond donors (Lipinski definition) is 1. The monoisotopic (exact) mass is 408 g/mol. The highest BCUT2D eigenvalue weighted by atomic mass is 35.5. The summed E-state index contributed by atoms with van der Waals surface area (Å²) in [5, 5.41) is 1.46. The molecule has 0 bridgehead atoms. The number of rotatable bonds is 3. The Labute approximate surface area is 171 Å². The smallest absolute Gasteiger partial charge is 0.205 e. The van der Waals surface area contributed by atoms with Crippen molar-refractivity contribution in [1.82, 2.24) is 4.98 Å². The van der Waals surface area contributed by atoms with Crippen LogP contribution in [0.2, 0.25) is 5.02 Å². The maximum absolute atomic E-state index is 13.1. The molecule has 0 spiro atoms. The third kappa shape index (κ3) is 2.74. The topological polar surface area (TPSA) is 69.1 Å². The molecule has 3 aromatic heterocycles. The molecule has 0 fully saturated rings. The molecule has 4 aromatic rings. The molecule has 0 saturated carbocycles. The number of pyridine rings is 1. The van der Waals surface area contributed by atoms with Crippen molar-refractivity contribution >= 4 is 44.6 Å². The first-order valence-electron chi connectivity index (χ1n) is 9.21. The van der Waals surface area contributed by atoms with E-state index >= 15 is 0 Å². The van der Waals surface area contributed by atoms with Gasteiger partial charge >= 0.3 is 0 Å². The fourth-order valence-corrected chi connectivity index (χ4v) is 5.24. The second kappa shape index (κ2) is 6.76. The Bertz CT molecular complexity index is 1210. The number of nitrogen functional groups attached to an aromatic ring is 1. The molecular formula is C22H17ClN2O2S. The van der Waals surface area contributed by atoms with Crippen molar-refractivity contribution in [2.45, 2.75) is 25.7 Å². The number of carbonyl (C=O) groups excluding carboxylic acids is 1. The molecule has 1 aliphatic rings. The number of furan rings is 1. The van der Waals surface area contributed by atoms with Crippen LogP contribution in [0.5, 0.6) is 0 Å². The van der Waals surface area contributed by atoms with Crippen LogP contribution in [0, 0.1) is 0 Å². The molecule has 0 aliphatic heterocycles. The molecule has 6 heteroatoms. The van der Waals surface area contributed by atoms with Crippen molar-refractivity contribution in [2.24, 2.45) is 0 Å². The van der Waals surface area contributed by atoms with E-state index in [1.807, 2.05) is 12.1 Å². The van der Waals surface area contributed by atoms with Crippen molar-refractivity contribution in [3.05, 3.63) is 69.3 Å². The van der Waals surface area contributed by atoms with Gasteiger partial charge < -0.3 is 10.2 Å². The van der Waals surface area contributed by atoms with Crippen molar-refractivity contribution in [2.75, 3.05) is 5.73 Å². The number of benzene rings is 1. The quantitative estimate of drug-likeness (QED) is 0.428. The van der Waals surface area contributed by atoms with E-state index in [0.29, 0.717) is 21.2 Å². The molecule has 4 nitrogen and oxygen atoms in total. The molecule has 2 N–H and O–H groups in total. The van der Waals surface area contributed by atoms with Gasteiger partial charge in [0, 0.05) is 16.0 Å². The normalized spacial score (nSPS) is 13.6. The summed E-state index contributed by atoms with van der Waals surface area (Å²) in [4.78, 5) is 19.3. The number of fused-ring (bicyclic) bond motifs is 3. The number of carbonyl (C=O) groups is 1. The maximum Gasteiger partial charge on any atom is 0.205 e. The molecule has 1 aliphatic carbocycles. The molecular weight excluding hydrogens is 392 g/mol. The molecule has 0 saturated heterocycles. The molecule has 28 heavy (non-hydrogen) atoms. The number of aryl methyl sites for hydroxylation is 1. The highest BCUT2D eigenvalue weighted by Crippen LogP contribution is 2.42. The van der Waals surface area contributed by atoms with Crippen molar-refractivity contribution in [1.29, 1.82) is 0 Å². The molecule has 0 atom stereocenters. The lowest BCUT2D eigenvalue weighted by atomic mass is 9.88. The highest BCUT2D eigenvalue weighted by molar-refractivity contribution is 7.21. The summed E-state index contributed by atoms with van der Waals surface area (Å²) in [6.07, 6.45) is 5.77. The Balaban J connectivity index is 1.74. The van der Waals surface area contributed by atoms with E-state index in [1.54, 1.807) is 30.5 Å². The summed E-state index contributed by atoms with van der Waals surface area (Å²) in [7, 11) is 0. The number of nitrogens with two attached hydrogens (primary N) is 1. The average Bonchev–Trinajstić information content (AvgIpc) is 3.35. The van der Waals surface area contributed by atoms with E-state index in [-0.39, 0.29) is 5.78 Å². The zero-order chi connectivity index (χ0) is 19.3. The minimum atomic E-state index is -0.118. The molecule has 1 aromatic carbocycles. The standard InChI is InChI=1S/C22H17ClN2O2S/c23-13-6-3-5-12(11-13)20(26)21-18(24)17-14-7-1-2-8-15(14)19(25-22(17)28-21)16-9-4-10-27-16/h3-6,9-11H,1-2,7-8,24H2. The second-order valence-electron chi connectivity index (χ2n) is 6.97. The van der Waals surface area contributed by atoms with Crippen molar-refractivity contribution in [3.63, 3.8) is 0 Å². The summed E-state index contributed by atoms with van der Waals surface area (Å²) in [5.41, 5.74) is 10.8. The number of anilines is 1. The number of ketones is 1. The lowest BCUT2D eigenvalue weighted by molar-refractivity contribution is 0.104. The molecule has 3 heterocycles. The first-order chi connectivity index (χ1) is 13.6. The minimum absolute atomic E-state index is 0.118. The predicted molar refractivity (Wildman–Crippen MR) is 113 cm³/mol. The molecule has 0 radical (unpaired) electrons. The Hall–Kier alpha value is -2.63. The Morgan fingerprint density at radius 3 is 2.71 bits per heavy atom. The Kier molecular flexibility index (Phi) is 4.22. The van der Waals surface area contributed by atoms with Crippen LogP contribution >= 0.6 is 22.9 Å². The average molecular weight is 409 g/mol. The van der Waals surface area contributed by atoms with E-state index in [9.17, 15) is 4.79 Å². The third-order valence-electron chi connectivity index (χ3n) is 5.24. The lowest BCUT2D eigenvalue weighted by Gasteiger charge is -2.19. The van der Waals surface area contributed by atoms with Crippen LogP contribution < -0.4 is 5.73 Å². The first kappa shape index (κ1) is 17.5. The van der Waals surface area contributed by atoms with Crippen LogP contribution in [0.4, 0.5) is 5.69 Å². The highest BCUT2D eigenvalue weighted by Gasteiger charge is 2.26. The van der Waals surface area contributed by atoms with Gasteiger partial charge in [0.05, 0.1) is 12.0 Å². The van der Waals surface area contributed by atoms with Gasteiger partial charge in [-0.2, -0.15) is 0 Å². The van der Waals surface area contributed by atoms with E-state index in [1.165, 1.54) is 22.5 Å². The van der Waals surface area contributed by atoms with Gasteiger partial charge in [0.25, 0.3) is 0 Å². The summed E-state index contributed by atoms with van der Waals surface area (Å²) < 4.78 is 5.63. The van der Waals surface area contributed by atoms with Crippen molar-refractivity contribution in [3.8, 4) is 11.5 Å². The van der Waals surface area contributed by atoms with Gasteiger partial charge in [-0.1, -0.05) is 23.7 Å². The fraction of sp³-hybridized carbons (Fsp3) is 0.182. The maximum atomic E-state index is 13.1. The van der Waals surface area contributed by atoms with Gasteiger partial charge in [-0.25, -0.2) is 4.98 Å². The van der Waals surface area contributed by atoms with Crippen LogP contribution in [0.1, 0.15) is 39.2 Å². The van der Waals surface area contributed by atoms with Gasteiger partial charge in [0.1, 0.15) is 15.4 Å². The van der Waals surface area contributed by atoms with E-state index in [0.717, 1.165) is 47.4 Å². The second-order valence-corrected chi connectivity index (χ2v) is 8.40. The number of hydrogen-bond acceptors (Lipinski definition) is 5. The zero-order valence-electron chi connectivity index (χ0n) is 15.0. The van der Waals surface area contributed by atoms with Crippen LogP contribution in [0.15, 0.2) is 47.1 Å². The van der Waals surface area contributed by atoms with E-state index < -0.39 is 0 Å². The van der Waals surface area contributed by atoms with Crippen LogP contribution in [-0.2, 0) is 12.8 Å². The summed E-state index contributed by atoms with van der Waals surface area (Å²) in [5.74, 6) is 0.641. The number of aromatic nitrogens is 1. The lowest BCUT2D eigenvalue weighted by Crippen LogP contribution is -2.08. The summed E-state index contributed by atoms with van der Waals surface area (Å²) in [6.45, 7) is 0. The third-order valence-corrected chi connectivity index (χ3v) is 6.58. The van der Waals surface area contributed by atoms with Gasteiger partial charge in [-0.15, -0.1) is 11.3 Å². The van der Waals surface area contributed by atoms with Crippen LogP contribution in [0.3, 0.4) is 0 Å². The van der Waals surface area contributed by atoms with Gasteiger partial charge in [0.15, 0.2) is 5.76 Å². The van der Waals surface area contributed by atoms with E-state index in [2.05, 4.69) is 0 Å².